The fourth-order valence-electron chi connectivity index (χ4n) is 4.77. The highest BCUT2D eigenvalue weighted by Gasteiger charge is 2.28. The number of nitrogens with zero attached hydrogens (tertiary/aromatic N) is 2. The summed E-state index contributed by atoms with van der Waals surface area (Å²) < 4.78 is 3.46. The molecule has 0 unspecified atom stereocenters. The number of Topliss-reactive ketones (excluding diaryl/α,β-unsaturated/α-hetero) is 1. The van der Waals surface area contributed by atoms with E-state index in [1.807, 2.05) is 71.9 Å². The average molecular weight is 514 g/mol. The van der Waals surface area contributed by atoms with Crippen molar-refractivity contribution >= 4 is 22.8 Å². The molecule has 0 saturated heterocycles. The topological polar surface area (TPSA) is 108 Å². The maximum atomic E-state index is 13.7. The van der Waals surface area contributed by atoms with Gasteiger partial charge in [0.15, 0.2) is 5.78 Å². The first-order valence-electron chi connectivity index (χ1n) is 12.6. The van der Waals surface area contributed by atoms with Crippen LogP contribution in [0.3, 0.4) is 0 Å². The minimum absolute atomic E-state index is 0.0422. The van der Waals surface area contributed by atoms with E-state index in [4.69, 9.17) is 5.41 Å². The number of carboxylic acids is 1. The molecule has 4 aromatic rings. The van der Waals surface area contributed by atoms with Crippen molar-refractivity contribution in [2.45, 2.75) is 65.5 Å². The summed E-state index contributed by atoms with van der Waals surface area (Å²) in [4.78, 5) is 25.1. The van der Waals surface area contributed by atoms with Crippen molar-refractivity contribution in [3.63, 3.8) is 0 Å². The molecule has 198 valence electrons. The Morgan fingerprint density at radius 2 is 1.34 bits per heavy atom. The number of phenolic OH excluding ortho intramolecular Hbond substituents is 1. The minimum atomic E-state index is -1.01. The smallest absolute Gasteiger partial charge is 0.335 e. The molecule has 1 heterocycles. The second-order valence-corrected chi connectivity index (χ2v) is 11.8. The largest absolute Gasteiger partial charge is 0.507 e. The molecule has 38 heavy (non-hydrogen) atoms. The standard InChI is InChI=1S/C31H35N3O4/c1-30(2,3)22-15-21(16-23(27(22)36)31(4,5)6)26(35)18-34-25-13-8-7-12-24(25)33(29(34)32)17-19-10-9-11-20(14-19)28(37)38/h7-16,32,36H,17-18H2,1-6H3,(H,37,38). The highest BCUT2D eigenvalue weighted by atomic mass is 16.4. The van der Waals surface area contributed by atoms with Gasteiger partial charge in [-0.3, -0.25) is 10.2 Å². The summed E-state index contributed by atoms with van der Waals surface area (Å²) in [6, 6.07) is 17.7. The molecule has 1 aromatic heterocycles. The number of aromatic nitrogens is 2. The molecule has 0 radical (unpaired) electrons. The molecule has 0 aliphatic carbocycles. The molecule has 0 amide bonds. The molecule has 3 aromatic carbocycles. The lowest BCUT2D eigenvalue weighted by atomic mass is 9.78. The number of phenols is 1. The Hall–Kier alpha value is -4.13. The number of carbonyl (C=O) groups is 2. The molecule has 7 nitrogen and oxygen atoms in total. The van der Waals surface area contributed by atoms with E-state index in [0.29, 0.717) is 23.2 Å². The van der Waals surface area contributed by atoms with E-state index in [9.17, 15) is 19.8 Å². The second kappa shape index (κ2) is 9.63. The third-order valence-electron chi connectivity index (χ3n) is 6.84. The summed E-state index contributed by atoms with van der Waals surface area (Å²) in [6.45, 7) is 12.3. The lowest BCUT2D eigenvalue weighted by molar-refractivity contribution is 0.0696. The molecule has 0 atom stereocenters. The van der Waals surface area contributed by atoms with Crippen molar-refractivity contribution in [1.29, 1.82) is 5.41 Å². The first-order valence-corrected chi connectivity index (χ1v) is 12.6. The number of hydrogen-bond acceptors (Lipinski definition) is 4. The third-order valence-corrected chi connectivity index (χ3v) is 6.84. The number of carboxylic acid groups (broad SMARTS) is 1. The van der Waals surface area contributed by atoms with Gasteiger partial charge >= 0.3 is 5.97 Å². The number of rotatable bonds is 6. The van der Waals surface area contributed by atoms with Crippen LogP contribution < -0.4 is 5.62 Å². The van der Waals surface area contributed by atoms with Gasteiger partial charge in [0.2, 0.25) is 5.62 Å². The number of aromatic carboxylic acids is 1. The zero-order valence-corrected chi connectivity index (χ0v) is 22.8. The second-order valence-electron chi connectivity index (χ2n) is 11.8. The van der Waals surface area contributed by atoms with Gasteiger partial charge in [0.25, 0.3) is 0 Å². The lowest BCUT2D eigenvalue weighted by Crippen LogP contribution is -2.28. The number of fused-ring (bicyclic) bond motifs is 1. The van der Waals surface area contributed by atoms with Crippen molar-refractivity contribution in [3.8, 4) is 5.75 Å². The summed E-state index contributed by atoms with van der Waals surface area (Å²) >= 11 is 0. The summed E-state index contributed by atoms with van der Waals surface area (Å²) in [6.07, 6.45) is 0. The van der Waals surface area contributed by atoms with Gasteiger partial charge in [-0.2, -0.15) is 0 Å². The van der Waals surface area contributed by atoms with Crippen LogP contribution in [-0.4, -0.2) is 31.1 Å². The molecule has 0 saturated carbocycles. The normalized spacial score (nSPS) is 12.2. The number of imidazole rings is 1. The Balaban J connectivity index is 1.79. The minimum Gasteiger partial charge on any atom is -0.507 e. The van der Waals surface area contributed by atoms with E-state index in [2.05, 4.69) is 0 Å². The van der Waals surface area contributed by atoms with Crippen LogP contribution in [0.4, 0.5) is 0 Å². The van der Waals surface area contributed by atoms with Crippen LogP contribution in [0.15, 0.2) is 60.7 Å². The van der Waals surface area contributed by atoms with Crippen molar-refractivity contribution < 1.29 is 19.8 Å². The molecule has 0 fully saturated rings. The molecule has 7 heteroatoms. The van der Waals surface area contributed by atoms with Gasteiger partial charge in [0, 0.05) is 16.7 Å². The van der Waals surface area contributed by atoms with Crippen molar-refractivity contribution in [3.05, 3.63) is 94.1 Å². The summed E-state index contributed by atoms with van der Waals surface area (Å²) in [7, 11) is 0. The van der Waals surface area contributed by atoms with Gasteiger partial charge in [-0.15, -0.1) is 0 Å². The Morgan fingerprint density at radius 3 is 1.87 bits per heavy atom. The van der Waals surface area contributed by atoms with Crippen molar-refractivity contribution in [1.82, 2.24) is 9.13 Å². The first kappa shape index (κ1) is 26.9. The zero-order valence-electron chi connectivity index (χ0n) is 22.8. The highest BCUT2D eigenvalue weighted by Crippen LogP contribution is 2.40. The van der Waals surface area contributed by atoms with E-state index in [1.165, 1.54) is 6.07 Å². The van der Waals surface area contributed by atoms with Crippen LogP contribution in [0, 0.1) is 5.41 Å². The van der Waals surface area contributed by atoms with E-state index in [-0.39, 0.29) is 40.1 Å². The van der Waals surface area contributed by atoms with Crippen LogP contribution in [0.2, 0.25) is 0 Å². The molecule has 3 N–H and O–H groups in total. The summed E-state index contributed by atoms with van der Waals surface area (Å²) in [5.74, 6) is -0.944. The van der Waals surface area contributed by atoms with Gasteiger partial charge in [0.1, 0.15) is 5.75 Å². The molecular formula is C31H35N3O4. The molecular weight excluding hydrogens is 478 g/mol. The van der Waals surface area contributed by atoms with Crippen LogP contribution in [0.5, 0.6) is 5.75 Å². The molecule has 0 spiro atoms. The number of ketones is 1. The fourth-order valence-corrected chi connectivity index (χ4v) is 4.77. The molecule has 4 rings (SSSR count). The highest BCUT2D eigenvalue weighted by molar-refractivity contribution is 5.97. The predicted molar refractivity (Wildman–Crippen MR) is 148 cm³/mol. The first-order chi connectivity index (χ1) is 17.7. The van der Waals surface area contributed by atoms with Gasteiger partial charge in [-0.05, 0) is 52.8 Å². The zero-order chi connectivity index (χ0) is 28.0. The predicted octanol–water partition coefficient (Wildman–Crippen LogP) is 5.85. The van der Waals surface area contributed by atoms with E-state index in [0.717, 1.165) is 16.6 Å². The van der Waals surface area contributed by atoms with Gasteiger partial charge in [-0.25, -0.2) is 4.79 Å². The third kappa shape index (κ3) is 5.14. The number of carbonyl (C=O) groups excluding carboxylic acids is 1. The van der Waals surface area contributed by atoms with Crippen LogP contribution in [0.25, 0.3) is 11.0 Å². The van der Waals surface area contributed by atoms with E-state index < -0.39 is 5.97 Å². The van der Waals surface area contributed by atoms with Crippen LogP contribution >= 0.6 is 0 Å². The van der Waals surface area contributed by atoms with Crippen LogP contribution in [0.1, 0.15) is 78.9 Å². The Bertz CT molecular complexity index is 1580. The summed E-state index contributed by atoms with van der Waals surface area (Å²) in [5, 5.41) is 29.4. The van der Waals surface area contributed by atoms with Gasteiger partial charge in [0.05, 0.1) is 29.7 Å². The van der Waals surface area contributed by atoms with E-state index in [1.54, 1.807) is 33.4 Å². The van der Waals surface area contributed by atoms with Crippen molar-refractivity contribution in [2.24, 2.45) is 0 Å². The average Bonchev–Trinajstić information content (AvgIpc) is 3.08. The van der Waals surface area contributed by atoms with E-state index >= 15 is 0 Å². The monoisotopic (exact) mass is 513 g/mol. The Kier molecular flexibility index (Phi) is 6.82. The number of para-hydroxylation sites is 2. The van der Waals surface area contributed by atoms with Gasteiger partial charge < -0.3 is 19.3 Å². The number of aromatic hydroxyl groups is 1. The Morgan fingerprint density at radius 1 is 0.789 bits per heavy atom. The molecule has 0 aliphatic rings. The lowest BCUT2D eigenvalue weighted by Gasteiger charge is -2.28. The fraction of sp³-hybridized carbons (Fsp3) is 0.323. The number of benzene rings is 3. The Labute approximate surface area is 222 Å². The maximum absolute atomic E-state index is 13.7. The van der Waals surface area contributed by atoms with Crippen LogP contribution in [-0.2, 0) is 23.9 Å². The van der Waals surface area contributed by atoms with Gasteiger partial charge in [-0.1, -0.05) is 65.8 Å². The quantitative estimate of drug-likeness (QED) is 0.281. The number of nitrogens with one attached hydrogen (secondary N) is 1. The maximum Gasteiger partial charge on any atom is 0.335 e. The molecule has 0 aliphatic heterocycles. The number of hydrogen-bond donors (Lipinski definition) is 3. The van der Waals surface area contributed by atoms with Crippen molar-refractivity contribution in [2.75, 3.05) is 0 Å². The SMILES string of the molecule is CC(C)(C)c1cc(C(=O)Cn2c(=N)n(Cc3cccc(C(=O)O)c3)c3ccccc32)cc(C(C)(C)C)c1O. The molecule has 0 bridgehead atoms. The summed E-state index contributed by atoms with van der Waals surface area (Å²) in [5.41, 5.74) is 3.79.